The van der Waals surface area contributed by atoms with Crippen LogP contribution in [0.25, 0.3) is 0 Å². The lowest BCUT2D eigenvalue weighted by atomic mass is 10.6. The molecule has 0 saturated heterocycles. The lowest BCUT2D eigenvalue weighted by Gasteiger charge is -2.23. The lowest BCUT2D eigenvalue weighted by molar-refractivity contribution is 0.123. The number of rotatable bonds is 8. The first-order valence-electron chi connectivity index (χ1n) is 5.06. The zero-order valence-corrected chi connectivity index (χ0v) is 14.5. The Labute approximate surface area is 129 Å². The Balaban J connectivity index is 0. The van der Waals surface area contributed by atoms with Gasteiger partial charge in [0.05, 0.1) is 12.0 Å². The third-order valence-corrected chi connectivity index (χ3v) is 5.56. The molecule has 11 heteroatoms. The van der Waals surface area contributed by atoms with Gasteiger partial charge < -0.3 is 34.0 Å². The fraction of sp³-hybridized carbons (Fsp3) is 0.750. The minimum absolute atomic E-state index is 0.0498. The van der Waals surface area contributed by atoms with Gasteiger partial charge in [0.25, 0.3) is 10.3 Å². The van der Waals surface area contributed by atoms with Gasteiger partial charge in [0.2, 0.25) is 0 Å². The number of hydrogen-bond donors (Lipinski definition) is 3. The van der Waals surface area contributed by atoms with Crippen molar-refractivity contribution in [3.05, 3.63) is 0 Å². The van der Waals surface area contributed by atoms with E-state index in [-0.39, 0.29) is 5.17 Å². The van der Waals surface area contributed by atoms with Crippen molar-refractivity contribution in [2.75, 3.05) is 27.1 Å². The third kappa shape index (κ3) is 14.1. The van der Waals surface area contributed by atoms with Crippen molar-refractivity contribution in [3.8, 4) is 0 Å². The van der Waals surface area contributed by atoms with Crippen molar-refractivity contribution in [3.63, 3.8) is 0 Å². The molecule has 7 nitrogen and oxygen atoms in total. The number of nitrogens with two attached hydrogens (primary N) is 2. The van der Waals surface area contributed by atoms with Crippen molar-refractivity contribution >= 4 is 55.6 Å². The van der Waals surface area contributed by atoms with E-state index in [2.05, 4.69) is 30.2 Å². The molecule has 0 fully saturated rings. The summed E-state index contributed by atoms with van der Waals surface area (Å²) in [6.07, 6.45) is 0.856. The smallest absolute Gasteiger partial charge is 0.487 e. The predicted octanol–water partition coefficient (Wildman–Crippen LogP) is 0.951. The molecular weight excluding hydrogens is 328 g/mol. The van der Waals surface area contributed by atoms with Gasteiger partial charge in [-0.3, -0.25) is 0 Å². The maximum absolute atomic E-state index is 7.56. The molecule has 0 radical (unpaired) electrons. The monoisotopic (exact) mass is 348 g/mol. The molecule has 0 heterocycles. The van der Waals surface area contributed by atoms with E-state index in [1.54, 1.807) is 21.3 Å². The molecular formula is C8H20N2O5S3Si. The van der Waals surface area contributed by atoms with E-state index in [0.29, 0.717) is 0 Å². The van der Waals surface area contributed by atoms with Crippen LogP contribution in [0.2, 0.25) is 6.04 Å². The number of hydrogen-bond acceptors (Lipinski definition) is 7. The Bertz CT molecular complexity index is 257. The fourth-order valence-corrected chi connectivity index (χ4v) is 3.59. The molecule has 0 aromatic carbocycles. The molecule has 19 heavy (non-hydrogen) atoms. The maximum atomic E-state index is 7.56. The normalized spacial score (nSPS) is 10.3. The van der Waals surface area contributed by atoms with Gasteiger partial charge in [-0.15, -0.1) is 0 Å². The van der Waals surface area contributed by atoms with E-state index in [4.69, 9.17) is 28.3 Å². The van der Waals surface area contributed by atoms with Gasteiger partial charge in [-0.25, -0.2) is 0 Å². The summed E-state index contributed by atoms with van der Waals surface area (Å²) in [6.45, 7) is 0. The summed E-state index contributed by atoms with van der Waals surface area (Å²) in [5.74, 6) is 0.766. The summed E-state index contributed by atoms with van der Waals surface area (Å²) in [5, 5.41) is 7.11. The molecule has 0 saturated carbocycles. The van der Waals surface area contributed by atoms with Crippen LogP contribution >= 0.6 is 36.5 Å². The zero-order valence-electron chi connectivity index (χ0n) is 11.1. The second-order valence-electron chi connectivity index (χ2n) is 2.96. The Morgan fingerprint density at radius 2 is 1.58 bits per heavy atom. The molecule has 0 unspecified atom stereocenters. The van der Waals surface area contributed by atoms with Crippen LogP contribution in [0.1, 0.15) is 6.42 Å². The SMILES string of the molecule is CO[Si](CCCSOC(N)=S)(OC)OC.NC(O)=S. The second kappa shape index (κ2) is 12.8. The number of aliphatic hydroxyl groups is 1. The molecule has 0 aromatic heterocycles. The molecule has 0 rings (SSSR count). The van der Waals surface area contributed by atoms with Gasteiger partial charge in [-0.1, -0.05) is 0 Å². The van der Waals surface area contributed by atoms with Crippen molar-refractivity contribution in [1.82, 2.24) is 0 Å². The molecule has 0 aliphatic rings. The highest BCUT2D eigenvalue weighted by Gasteiger charge is 2.36. The minimum atomic E-state index is -2.43. The maximum Gasteiger partial charge on any atom is 0.500 e. The van der Waals surface area contributed by atoms with Crippen LogP contribution in [0.15, 0.2) is 0 Å². The molecule has 0 amide bonds. The van der Waals surface area contributed by atoms with Gasteiger partial charge in [0.15, 0.2) is 0 Å². The average Bonchev–Trinajstić information content (AvgIpc) is 2.33. The largest absolute Gasteiger partial charge is 0.500 e. The molecule has 0 aromatic rings. The Morgan fingerprint density at radius 3 is 1.89 bits per heavy atom. The predicted molar refractivity (Wildman–Crippen MR) is 85.9 cm³/mol. The molecule has 0 spiro atoms. The Morgan fingerprint density at radius 1 is 1.16 bits per heavy atom. The van der Waals surface area contributed by atoms with Crippen LogP contribution in [0, 0.1) is 0 Å². The van der Waals surface area contributed by atoms with Crippen LogP contribution in [0.3, 0.4) is 0 Å². The van der Waals surface area contributed by atoms with Crippen LogP contribution in [-0.4, -0.2) is 51.3 Å². The van der Waals surface area contributed by atoms with E-state index in [1.807, 2.05) is 0 Å². The zero-order chi connectivity index (χ0) is 15.3. The first-order chi connectivity index (χ1) is 8.83. The quantitative estimate of drug-likeness (QED) is 0.254. The summed E-state index contributed by atoms with van der Waals surface area (Å²) in [5.41, 5.74) is 9.56. The van der Waals surface area contributed by atoms with Crippen LogP contribution in [0.4, 0.5) is 0 Å². The van der Waals surface area contributed by atoms with E-state index in [0.717, 1.165) is 18.2 Å². The average molecular weight is 349 g/mol. The molecule has 0 aliphatic heterocycles. The molecule has 0 aliphatic carbocycles. The Hall–Kier alpha value is -0.173. The first kappa shape index (κ1) is 21.1. The lowest BCUT2D eigenvalue weighted by Crippen LogP contribution is -2.42. The molecule has 5 N–H and O–H groups in total. The highest BCUT2D eigenvalue weighted by molar-refractivity contribution is 7.95. The standard InChI is InChI=1S/C7H17NO4S2Si.CH3NOS/c1-9-15(10-2,11-3)6-4-5-14-12-7(8)13;2-1(3)4/h4-6H2,1-3H3,(H2,8,13);(H3,2,3,4). The fourth-order valence-electron chi connectivity index (χ4n) is 1.00. The van der Waals surface area contributed by atoms with Gasteiger partial charge in [-0.05, 0) is 30.9 Å². The summed E-state index contributed by atoms with van der Waals surface area (Å²) in [6, 6.07) is 0.740. The van der Waals surface area contributed by atoms with Crippen LogP contribution in [0.5, 0.6) is 0 Å². The number of aliphatic hydroxyl groups excluding tert-OH is 1. The van der Waals surface area contributed by atoms with Crippen molar-refractivity contribution < 1.29 is 22.6 Å². The van der Waals surface area contributed by atoms with Crippen molar-refractivity contribution in [2.45, 2.75) is 12.5 Å². The van der Waals surface area contributed by atoms with E-state index >= 15 is 0 Å². The topological polar surface area (TPSA) is 109 Å². The Kier molecular flexibility index (Phi) is 14.3. The highest BCUT2D eigenvalue weighted by atomic mass is 32.2. The summed E-state index contributed by atoms with van der Waals surface area (Å²) in [4.78, 5) is 0. The van der Waals surface area contributed by atoms with Crippen molar-refractivity contribution in [2.24, 2.45) is 11.5 Å². The molecule has 114 valence electrons. The van der Waals surface area contributed by atoms with Gasteiger partial charge in [-0.2, -0.15) is 0 Å². The first-order valence-corrected chi connectivity index (χ1v) is 8.72. The minimum Gasteiger partial charge on any atom is -0.487 e. The molecule has 0 bridgehead atoms. The third-order valence-electron chi connectivity index (χ3n) is 1.78. The second-order valence-corrected chi connectivity index (χ2v) is 7.68. The van der Waals surface area contributed by atoms with Crippen LogP contribution in [-0.2, 0) is 17.5 Å². The molecule has 0 atom stereocenters. The van der Waals surface area contributed by atoms with E-state index < -0.39 is 14.0 Å². The van der Waals surface area contributed by atoms with Gasteiger partial charge in [0.1, 0.15) is 0 Å². The summed E-state index contributed by atoms with van der Waals surface area (Å²) >= 11 is 9.65. The highest BCUT2D eigenvalue weighted by Crippen LogP contribution is 2.17. The van der Waals surface area contributed by atoms with Gasteiger partial charge in [0, 0.05) is 33.1 Å². The van der Waals surface area contributed by atoms with Crippen molar-refractivity contribution in [1.29, 1.82) is 0 Å². The van der Waals surface area contributed by atoms with E-state index in [9.17, 15) is 0 Å². The van der Waals surface area contributed by atoms with E-state index in [1.165, 1.54) is 12.0 Å². The number of thiocarbonyl (C=S) groups is 2. The van der Waals surface area contributed by atoms with Crippen LogP contribution < -0.4 is 11.5 Å². The summed E-state index contributed by atoms with van der Waals surface area (Å²) in [7, 11) is 2.36. The summed E-state index contributed by atoms with van der Waals surface area (Å²) < 4.78 is 20.6. The van der Waals surface area contributed by atoms with Gasteiger partial charge >= 0.3 is 8.80 Å².